The number of methoxy groups -OCH3 is 1. The van der Waals surface area contributed by atoms with Crippen LogP contribution in [-0.2, 0) is 17.7 Å². The highest BCUT2D eigenvalue weighted by Crippen LogP contribution is 2.27. The smallest absolute Gasteiger partial charge is 0.134 e. The van der Waals surface area contributed by atoms with E-state index in [1.807, 2.05) is 18.2 Å². The normalized spacial score (nSPS) is 11.6. The number of nitrogens with zero attached hydrogens (tertiary/aromatic N) is 1. The van der Waals surface area contributed by atoms with Gasteiger partial charge in [0, 0.05) is 44.1 Å². The van der Waals surface area contributed by atoms with Crippen molar-refractivity contribution in [2.75, 3.05) is 33.4 Å². The Hall–Kier alpha value is -1.36. The summed E-state index contributed by atoms with van der Waals surface area (Å²) in [4.78, 5) is 2.19. The van der Waals surface area contributed by atoms with Crippen molar-refractivity contribution in [3.05, 3.63) is 35.6 Å². The molecule has 0 unspecified atom stereocenters. The fraction of sp³-hybridized carbons (Fsp3) is 0.500. The topological polar surface area (TPSA) is 45.8 Å². The van der Waals surface area contributed by atoms with Gasteiger partial charge in [0.05, 0.1) is 13.2 Å². The first-order valence-electron chi connectivity index (χ1n) is 7.11. The molecule has 0 aliphatic rings. The van der Waals surface area contributed by atoms with Gasteiger partial charge in [-0.2, -0.15) is 0 Å². The molecule has 0 saturated carbocycles. The molecule has 1 aromatic carbocycles. The highest BCUT2D eigenvalue weighted by molar-refractivity contribution is 5.82. The molecule has 110 valence electrons. The molecule has 0 aliphatic heterocycles. The van der Waals surface area contributed by atoms with Crippen molar-refractivity contribution in [3.63, 3.8) is 0 Å². The summed E-state index contributed by atoms with van der Waals surface area (Å²) in [5.74, 6) is 1.03. The average Bonchev–Trinajstić information content (AvgIpc) is 2.83. The fourth-order valence-corrected chi connectivity index (χ4v) is 2.46. The molecule has 0 aliphatic carbocycles. The standard InChI is InChI=1S/C16H23NO3/c1-3-15-14(12-17(8-10-18)9-11-19-2)13-6-4-5-7-16(13)20-15/h4-7,18H,3,8-12H2,1-2H3. The second-order valence-electron chi connectivity index (χ2n) is 4.85. The maximum atomic E-state index is 9.20. The van der Waals surface area contributed by atoms with Gasteiger partial charge in [0.25, 0.3) is 0 Å². The number of fused-ring (bicyclic) bond motifs is 1. The highest BCUT2D eigenvalue weighted by Gasteiger charge is 2.15. The van der Waals surface area contributed by atoms with Crippen molar-refractivity contribution in [2.24, 2.45) is 0 Å². The Morgan fingerprint density at radius 3 is 2.75 bits per heavy atom. The third-order valence-corrected chi connectivity index (χ3v) is 3.51. The van der Waals surface area contributed by atoms with Crippen LogP contribution in [0.2, 0.25) is 0 Å². The summed E-state index contributed by atoms with van der Waals surface area (Å²) < 4.78 is 11.0. The molecule has 1 heterocycles. The minimum Gasteiger partial charge on any atom is -0.461 e. The average molecular weight is 277 g/mol. The number of ether oxygens (including phenoxy) is 1. The molecule has 0 radical (unpaired) electrons. The lowest BCUT2D eigenvalue weighted by molar-refractivity contribution is 0.126. The Morgan fingerprint density at radius 2 is 2.05 bits per heavy atom. The van der Waals surface area contributed by atoms with Crippen LogP contribution in [0, 0.1) is 0 Å². The first-order chi connectivity index (χ1) is 9.80. The predicted molar refractivity (Wildman–Crippen MR) is 79.8 cm³/mol. The summed E-state index contributed by atoms with van der Waals surface area (Å²) in [6.07, 6.45) is 0.876. The number of rotatable bonds is 8. The number of benzene rings is 1. The number of hydrogen-bond donors (Lipinski definition) is 1. The molecule has 1 N–H and O–H groups in total. The van der Waals surface area contributed by atoms with Crippen LogP contribution in [0.25, 0.3) is 11.0 Å². The number of aryl methyl sites for hydroxylation is 1. The van der Waals surface area contributed by atoms with Gasteiger partial charge >= 0.3 is 0 Å². The molecule has 0 bridgehead atoms. The zero-order chi connectivity index (χ0) is 14.4. The van der Waals surface area contributed by atoms with Gasteiger partial charge in [-0.05, 0) is 6.07 Å². The summed E-state index contributed by atoms with van der Waals surface area (Å²) in [6.45, 7) is 5.15. The quantitative estimate of drug-likeness (QED) is 0.805. The number of hydrogen-bond acceptors (Lipinski definition) is 4. The first kappa shape index (κ1) is 15.0. The van der Waals surface area contributed by atoms with Crippen LogP contribution >= 0.6 is 0 Å². The summed E-state index contributed by atoms with van der Waals surface area (Å²) in [7, 11) is 1.70. The van der Waals surface area contributed by atoms with Crippen molar-refractivity contribution >= 4 is 11.0 Å². The number of aliphatic hydroxyl groups excluding tert-OH is 1. The van der Waals surface area contributed by atoms with Crippen LogP contribution in [0.5, 0.6) is 0 Å². The molecular weight excluding hydrogens is 254 g/mol. The van der Waals surface area contributed by atoms with Gasteiger partial charge in [-0.15, -0.1) is 0 Å². The molecule has 20 heavy (non-hydrogen) atoms. The molecule has 4 heteroatoms. The van der Waals surface area contributed by atoms with E-state index in [2.05, 4.69) is 17.9 Å². The van der Waals surface area contributed by atoms with Crippen LogP contribution in [-0.4, -0.2) is 43.4 Å². The monoisotopic (exact) mass is 277 g/mol. The van der Waals surface area contributed by atoms with E-state index in [4.69, 9.17) is 9.15 Å². The van der Waals surface area contributed by atoms with E-state index in [0.29, 0.717) is 13.2 Å². The van der Waals surface area contributed by atoms with Crippen molar-refractivity contribution in [1.82, 2.24) is 4.90 Å². The second-order valence-corrected chi connectivity index (χ2v) is 4.85. The van der Waals surface area contributed by atoms with Crippen LogP contribution in [0.1, 0.15) is 18.2 Å². The van der Waals surface area contributed by atoms with Crippen molar-refractivity contribution < 1.29 is 14.3 Å². The van der Waals surface area contributed by atoms with Crippen LogP contribution in [0.4, 0.5) is 0 Å². The predicted octanol–water partition coefficient (Wildman–Crippen LogP) is 2.44. The number of aliphatic hydroxyl groups is 1. The number of para-hydroxylation sites is 1. The van der Waals surface area contributed by atoms with Gasteiger partial charge in [-0.25, -0.2) is 0 Å². The van der Waals surface area contributed by atoms with Crippen LogP contribution in [0.3, 0.4) is 0 Å². The largest absolute Gasteiger partial charge is 0.461 e. The lowest BCUT2D eigenvalue weighted by Gasteiger charge is -2.20. The zero-order valence-corrected chi connectivity index (χ0v) is 12.3. The molecule has 1 aromatic heterocycles. The summed E-state index contributed by atoms with van der Waals surface area (Å²) in [6, 6.07) is 8.13. The van der Waals surface area contributed by atoms with E-state index in [0.717, 1.165) is 30.9 Å². The van der Waals surface area contributed by atoms with Crippen molar-refractivity contribution in [3.8, 4) is 0 Å². The Kier molecular flexibility index (Phi) is 5.59. The Labute approximate surface area is 119 Å². The van der Waals surface area contributed by atoms with Crippen LogP contribution in [0.15, 0.2) is 28.7 Å². The third-order valence-electron chi connectivity index (χ3n) is 3.51. The van der Waals surface area contributed by atoms with E-state index < -0.39 is 0 Å². The number of furan rings is 1. The first-order valence-corrected chi connectivity index (χ1v) is 7.11. The van der Waals surface area contributed by atoms with Gasteiger partial charge in [0.2, 0.25) is 0 Å². The molecule has 2 rings (SSSR count). The van der Waals surface area contributed by atoms with E-state index in [9.17, 15) is 5.11 Å². The maximum Gasteiger partial charge on any atom is 0.134 e. The maximum absolute atomic E-state index is 9.20. The van der Waals surface area contributed by atoms with Gasteiger partial charge < -0.3 is 14.3 Å². The molecular formula is C16H23NO3. The van der Waals surface area contributed by atoms with E-state index in [-0.39, 0.29) is 6.61 Å². The molecule has 2 aromatic rings. The van der Waals surface area contributed by atoms with Gasteiger partial charge in [0.15, 0.2) is 0 Å². The van der Waals surface area contributed by atoms with E-state index >= 15 is 0 Å². The van der Waals surface area contributed by atoms with Crippen LogP contribution < -0.4 is 0 Å². The van der Waals surface area contributed by atoms with Gasteiger partial charge in [-0.1, -0.05) is 25.1 Å². The van der Waals surface area contributed by atoms with Gasteiger partial charge in [0.1, 0.15) is 11.3 Å². The highest BCUT2D eigenvalue weighted by atomic mass is 16.5. The Balaban J connectivity index is 2.25. The molecule has 0 spiro atoms. The summed E-state index contributed by atoms with van der Waals surface area (Å²) >= 11 is 0. The summed E-state index contributed by atoms with van der Waals surface area (Å²) in [5.41, 5.74) is 2.17. The minimum absolute atomic E-state index is 0.154. The SMILES string of the molecule is CCc1oc2ccccc2c1CN(CCO)CCOC. The fourth-order valence-electron chi connectivity index (χ4n) is 2.46. The van der Waals surface area contributed by atoms with E-state index in [1.165, 1.54) is 10.9 Å². The van der Waals surface area contributed by atoms with Gasteiger partial charge in [-0.3, -0.25) is 4.90 Å². The second kappa shape index (κ2) is 7.43. The zero-order valence-electron chi connectivity index (χ0n) is 12.3. The molecule has 0 saturated heterocycles. The molecule has 0 atom stereocenters. The van der Waals surface area contributed by atoms with Crippen molar-refractivity contribution in [1.29, 1.82) is 0 Å². The van der Waals surface area contributed by atoms with E-state index in [1.54, 1.807) is 7.11 Å². The lowest BCUT2D eigenvalue weighted by atomic mass is 10.1. The minimum atomic E-state index is 0.154. The lowest BCUT2D eigenvalue weighted by Crippen LogP contribution is -2.30. The molecule has 0 amide bonds. The Bertz CT molecular complexity index is 536. The van der Waals surface area contributed by atoms with Crippen molar-refractivity contribution in [2.45, 2.75) is 19.9 Å². The molecule has 4 nitrogen and oxygen atoms in total. The third kappa shape index (κ3) is 3.39. The summed E-state index contributed by atoms with van der Waals surface area (Å²) in [5, 5.41) is 10.4. The molecule has 0 fully saturated rings. The Morgan fingerprint density at radius 1 is 1.25 bits per heavy atom.